The van der Waals surface area contributed by atoms with Crippen molar-refractivity contribution in [1.29, 1.82) is 0 Å². The van der Waals surface area contributed by atoms with Gasteiger partial charge in [-0.2, -0.15) is 8.42 Å². The van der Waals surface area contributed by atoms with Crippen molar-refractivity contribution in [2.24, 2.45) is 5.73 Å². The summed E-state index contributed by atoms with van der Waals surface area (Å²) in [6, 6.07) is 4.97. The fourth-order valence-corrected chi connectivity index (χ4v) is 2.91. The van der Waals surface area contributed by atoms with Gasteiger partial charge in [0.05, 0.1) is 24.7 Å². The van der Waals surface area contributed by atoms with E-state index in [1.54, 1.807) is 34.6 Å². The molecule has 158 valence electrons. The van der Waals surface area contributed by atoms with E-state index in [2.05, 4.69) is 0 Å². The molecule has 0 saturated carbocycles. The predicted octanol–water partition coefficient (Wildman–Crippen LogP) is 2.12. The molecule has 0 heterocycles. The highest BCUT2D eigenvalue weighted by molar-refractivity contribution is 7.86. The Labute approximate surface area is 166 Å². The second-order valence-electron chi connectivity index (χ2n) is 7.77. The van der Waals surface area contributed by atoms with Crippen molar-refractivity contribution in [3.8, 4) is 5.75 Å². The van der Waals surface area contributed by atoms with E-state index in [0.717, 1.165) is 6.26 Å². The summed E-state index contributed by atoms with van der Waals surface area (Å²) in [4.78, 5) is 24.7. The van der Waals surface area contributed by atoms with Gasteiger partial charge in [-0.15, -0.1) is 0 Å². The van der Waals surface area contributed by atoms with Crippen molar-refractivity contribution in [1.82, 2.24) is 0 Å². The first-order valence-corrected chi connectivity index (χ1v) is 10.7. The maximum atomic E-state index is 12.7. The molecule has 1 aromatic rings. The molecule has 0 aliphatic rings. The number of rotatable bonds is 8. The minimum Gasteiger partial charge on any atom is -0.463 e. The van der Waals surface area contributed by atoms with Crippen LogP contribution in [0.5, 0.6) is 5.75 Å². The largest absolute Gasteiger partial charge is 0.463 e. The number of hydrogen-bond donors (Lipinski definition) is 1. The molecule has 1 aromatic carbocycles. The molecule has 0 aliphatic carbocycles. The summed E-state index contributed by atoms with van der Waals surface area (Å²) >= 11 is 0. The van der Waals surface area contributed by atoms with Crippen LogP contribution in [0.1, 0.15) is 52.5 Å². The average Bonchev–Trinajstić information content (AvgIpc) is 2.44. The van der Waals surface area contributed by atoms with E-state index >= 15 is 0 Å². The van der Waals surface area contributed by atoms with E-state index in [0.29, 0.717) is 5.56 Å². The summed E-state index contributed by atoms with van der Waals surface area (Å²) in [6.07, 6.45) is 0.455. The van der Waals surface area contributed by atoms with Gasteiger partial charge in [0.1, 0.15) is 11.4 Å². The summed E-state index contributed by atoms with van der Waals surface area (Å²) in [5.74, 6) is -1.95. The molecule has 8 nitrogen and oxygen atoms in total. The molecule has 2 atom stereocenters. The van der Waals surface area contributed by atoms with Crippen LogP contribution in [0.15, 0.2) is 24.3 Å². The number of carbonyl (C=O) groups excluding carboxylic acids is 2. The smallest absolute Gasteiger partial charge is 0.315 e. The van der Waals surface area contributed by atoms with E-state index in [1.165, 1.54) is 24.3 Å². The Balaban J connectivity index is 3.12. The van der Waals surface area contributed by atoms with Crippen molar-refractivity contribution in [3.63, 3.8) is 0 Å². The van der Waals surface area contributed by atoms with Crippen LogP contribution in [0.2, 0.25) is 0 Å². The highest BCUT2D eigenvalue weighted by Gasteiger charge is 2.33. The van der Waals surface area contributed by atoms with Crippen LogP contribution in [0, 0.1) is 0 Å². The molecule has 1 rings (SSSR count). The minimum absolute atomic E-state index is 0.0991. The van der Waals surface area contributed by atoms with Crippen LogP contribution in [-0.4, -0.2) is 44.4 Å². The van der Waals surface area contributed by atoms with Gasteiger partial charge >= 0.3 is 22.1 Å². The first-order chi connectivity index (χ1) is 12.7. The Morgan fingerprint density at radius 3 is 2.07 bits per heavy atom. The number of ether oxygens (including phenoxy) is 2. The zero-order chi connectivity index (χ0) is 21.7. The van der Waals surface area contributed by atoms with Gasteiger partial charge < -0.3 is 19.4 Å². The molecule has 0 aromatic heterocycles. The number of nitrogens with two attached hydrogens (primary N) is 1. The summed E-state index contributed by atoms with van der Waals surface area (Å²) in [7, 11) is -3.67. The first kappa shape index (κ1) is 23.9. The van der Waals surface area contributed by atoms with Crippen LogP contribution < -0.4 is 9.92 Å². The molecule has 0 aliphatic heterocycles. The van der Waals surface area contributed by atoms with Gasteiger partial charge in [0.25, 0.3) is 0 Å². The van der Waals surface area contributed by atoms with Gasteiger partial charge in [-0.3, -0.25) is 9.59 Å². The normalized spacial score (nSPS) is 14.3. The van der Waals surface area contributed by atoms with Crippen LogP contribution in [0.4, 0.5) is 0 Å². The maximum absolute atomic E-state index is 12.7. The molecule has 2 unspecified atom stereocenters. The van der Waals surface area contributed by atoms with Crippen molar-refractivity contribution < 1.29 is 31.7 Å². The Kier molecular flexibility index (Phi) is 8.01. The van der Waals surface area contributed by atoms with Gasteiger partial charge in [0, 0.05) is 6.04 Å². The Hall–Kier alpha value is -2.13. The van der Waals surface area contributed by atoms with E-state index in [4.69, 9.17) is 19.4 Å². The SMILES string of the molecule is CC(C)OC(=O)CC(N)C(C(=O)OC(C)(C)C)c1ccc(OS(C)(=O)=O)cc1. The third-order valence-corrected chi connectivity index (χ3v) is 3.84. The van der Waals surface area contributed by atoms with Crippen molar-refractivity contribution >= 4 is 22.1 Å². The number of hydrogen-bond acceptors (Lipinski definition) is 8. The fourth-order valence-electron chi connectivity index (χ4n) is 2.45. The topological polar surface area (TPSA) is 122 Å². The lowest BCUT2D eigenvalue weighted by Crippen LogP contribution is -2.39. The minimum atomic E-state index is -3.67. The van der Waals surface area contributed by atoms with Crippen molar-refractivity contribution in [3.05, 3.63) is 29.8 Å². The molecule has 0 saturated heterocycles. The van der Waals surface area contributed by atoms with Crippen molar-refractivity contribution in [2.75, 3.05) is 6.26 Å². The van der Waals surface area contributed by atoms with E-state index in [1.807, 2.05) is 0 Å². The van der Waals surface area contributed by atoms with Crippen molar-refractivity contribution in [2.45, 2.75) is 64.7 Å². The molecular weight excluding hydrogens is 386 g/mol. The molecule has 28 heavy (non-hydrogen) atoms. The summed E-state index contributed by atoms with van der Waals surface area (Å²) in [5.41, 5.74) is 5.89. The second-order valence-corrected chi connectivity index (χ2v) is 9.35. The van der Waals surface area contributed by atoms with Gasteiger partial charge in [-0.1, -0.05) is 12.1 Å². The standard InChI is InChI=1S/C19H29NO7S/c1-12(2)25-16(21)11-15(20)17(18(22)26-19(3,4)5)13-7-9-14(10-8-13)27-28(6,23)24/h7-10,12,15,17H,11,20H2,1-6H3. The first-order valence-electron chi connectivity index (χ1n) is 8.85. The third-order valence-electron chi connectivity index (χ3n) is 3.35. The van der Waals surface area contributed by atoms with Gasteiger partial charge in [-0.25, -0.2) is 0 Å². The third kappa shape index (κ3) is 8.71. The fraction of sp³-hybridized carbons (Fsp3) is 0.579. The van der Waals surface area contributed by atoms with Gasteiger partial charge in [0.15, 0.2) is 0 Å². The van der Waals surface area contributed by atoms with Gasteiger partial charge in [-0.05, 0) is 52.3 Å². The van der Waals surface area contributed by atoms with Crippen LogP contribution in [0.3, 0.4) is 0 Å². The summed E-state index contributed by atoms with van der Waals surface area (Å²) < 4.78 is 37.8. The monoisotopic (exact) mass is 415 g/mol. The van der Waals surface area contributed by atoms with Crippen LogP contribution >= 0.6 is 0 Å². The van der Waals surface area contributed by atoms with E-state index in [9.17, 15) is 18.0 Å². The molecule has 9 heteroatoms. The van der Waals surface area contributed by atoms with Gasteiger partial charge in [0.2, 0.25) is 0 Å². The molecule has 0 fully saturated rings. The van der Waals surface area contributed by atoms with E-state index in [-0.39, 0.29) is 18.3 Å². The number of esters is 2. The Morgan fingerprint density at radius 1 is 1.11 bits per heavy atom. The quantitative estimate of drug-likeness (QED) is 0.506. The van der Waals surface area contributed by atoms with Crippen LogP contribution in [0.25, 0.3) is 0 Å². The zero-order valence-corrected chi connectivity index (χ0v) is 17.9. The Bertz CT molecular complexity index is 779. The highest BCUT2D eigenvalue weighted by atomic mass is 32.2. The molecule has 2 N–H and O–H groups in total. The lowest BCUT2D eigenvalue weighted by atomic mass is 9.89. The Morgan fingerprint density at radius 2 is 1.64 bits per heavy atom. The predicted molar refractivity (Wildman–Crippen MR) is 104 cm³/mol. The molecular formula is C19H29NO7S. The number of carbonyl (C=O) groups is 2. The second kappa shape index (κ2) is 9.38. The van der Waals surface area contributed by atoms with E-state index < -0.39 is 39.6 Å². The maximum Gasteiger partial charge on any atom is 0.315 e. The highest BCUT2D eigenvalue weighted by Crippen LogP contribution is 2.27. The average molecular weight is 416 g/mol. The molecule has 0 spiro atoms. The zero-order valence-electron chi connectivity index (χ0n) is 17.1. The lowest BCUT2D eigenvalue weighted by Gasteiger charge is -2.27. The number of benzene rings is 1. The lowest BCUT2D eigenvalue weighted by molar-refractivity contribution is -0.157. The molecule has 0 amide bonds. The summed E-state index contributed by atoms with van der Waals surface area (Å²) in [6.45, 7) is 8.61. The molecule has 0 radical (unpaired) electrons. The summed E-state index contributed by atoms with van der Waals surface area (Å²) in [5, 5.41) is 0. The van der Waals surface area contributed by atoms with Crippen LogP contribution in [-0.2, 0) is 29.2 Å². The molecule has 0 bridgehead atoms.